The summed E-state index contributed by atoms with van der Waals surface area (Å²) in [5.41, 5.74) is 18.6. The maximum absolute atomic E-state index is 2.54. The van der Waals surface area contributed by atoms with Gasteiger partial charge >= 0.3 is 0 Å². The SMILES string of the molecule is CC1(C)c2ccc(-c3c4c(cc5c3sc3c6ccccc6ccc53)C(C)(C)c3ccccc3-4)cc2-c2ccc(-c3c4ccccc4c(-c4cccc5ccccc45)c4ccccc34)cc21. The molecule has 0 radical (unpaired) electrons. The Labute approximate surface area is 383 Å². The third-order valence-corrected chi connectivity index (χ3v) is 16.7. The van der Waals surface area contributed by atoms with Gasteiger partial charge in [0.15, 0.2) is 0 Å². The number of rotatable bonds is 3. The van der Waals surface area contributed by atoms with E-state index < -0.39 is 0 Å². The second-order valence-electron chi connectivity index (χ2n) is 19.5. The van der Waals surface area contributed by atoms with E-state index in [-0.39, 0.29) is 10.8 Å². The Morgan fingerprint density at radius 1 is 0.277 bits per heavy atom. The van der Waals surface area contributed by atoms with Crippen molar-refractivity contribution in [2.24, 2.45) is 0 Å². The van der Waals surface area contributed by atoms with Crippen molar-refractivity contribution in [3.8, 4) is 55.6 Å². The Morgan fingerprint density at radius 3 is 1.58 bits per heavy atom. The van der Waals surface area contributed by atoms with Gasteiger partial charge in [-0.25, -0.2) is 0 Å². The predicted octanol–water partition coefficient (Wildman–Crippen LogP) is 18.3. The summed E-state index contributed by atoms with van der Waals surface area (Å²) in [6.45, 7) is 9.68. The first-order chi connectivity index (χ1) is 31.8. The molecule has 0 unspecified atom stereocenters. The van der Waals surface area contributed by atoms with Crippen LogP contribution in [0.2, 0.25) is 0 Å². The van der Waals surface area contributed by atoms with E-state index >= 15 is 0 Å². The first-order valence-electron chi connectivity index (χ1n) is 23.0. The lowest BCUT2D eigenvalue weighted by Gasteiger charge is -2.23. The van der Waals surface area contributed by atoms with Gasteiger partial charge in [-0.1, -0.05) is 204 Å². The van der Waals surface area contributed by atoms with Crippen molar-refractivity contribution >= 4 is 74.6 Å². The summed E-state index contributed by atoms with van der Waals surface area (Å²) in [6, 6.07) is 73.7. The summed E-state index contributed by atoms with van der Waals surface area (Å²) >= 11 is 1.97. The van der Waals surface area contributed by atoms with Crippen LogP contribution in [0.15, 0.2) is 194 Å². The van der Waals surface area contributed by atoms with Gasteiger partial charge in [-0.2, -0.15) is 0 Å². The van der Waals surface area contributed by atoms with Gasteiger partial charge < -0.3 is 0 Å². The molecule has 0 N–H and O–H groups in total. The summed E-state index contributed by atoms with van der Waals surface area (Å²) in [6.07, 6.45) is 0. The fraction of sp³-hybridized carbons (Fsp3) is 0.0938. The lowest BCUT2D eigenvalue weighted by atomic mass is 9.79. The second-order valence-corrected chi connectivity index (χ2v) is 20.5. The van der Waals surface area contributed by atoms with Crippen molar-refractivity contribution in [3.63, 3.8) is 0 Å². The Balaban J connectivity index is 0.995. The van der Waals surface area contributed by atoms with E-state index in [0.29, 0.717) is 0 Å². The molecule has 0 spiro atoms. The lowest BCUT2D eigenvalue weighted by Crippen LogP contribution is -2.15. The van der Waals surface area contributed by atoms with Gasteiger partial charge in [0, 0.05) is 36.6 Å². The van der Waals surface area contributed by atoms with Crippen LogP contribution in [-0.2, 0) is 10.8 Å². The summed E-state index contributed by atoms with van der Waals surface area (Å²) in [5, 5.41) is 13.0. The molecule has 1 heteroatoms. The molecule has 0 atom stereocenters. The molecular weight excluding hydrogens is 801 g/mol. The lowest BCUT2D eigenvalue weighted by molar-refractivity contribution is 0.660. The summed E-state index contributed by atoms with van der Waals surface area (Å²) in [5.74, 6) is 0. The van der Waals surface area contributed by atoms with E-state index in [1.54, 1.807) is 0 Å². The zero-order valence-corrected chi connectivity index (χ0v) is 37.7. The predicted molar refractivity (Wildman–Crippen MR) is 281 cm³/mol. The van der Waals surface area contributed by atoms with Crippen molar-refractivity contribution < 1.29 is 0 Å². The van der Waals surface area contributed by atoms with E-state index in [1.165, 1.54) is 141 Å². The van der Waals surface area contributed by atoms with Gasteiger partial charge in [0.2, 0.25) is 0 Å². The fourth-order valence-corrected chi connectivity index (χ4v) is 13.7. The Kier molecular flexibility index (Phi) is 7.49. The molecule has 14 rings (SSSR count). The molecular formula is C64H44S. The van der Waals surface area contributed by atoms with E-state index in [1.807, 2.05) is 11.3 Å². The quantitative estimate of drug-likeness (QED) is 0.155. The third-order valence-electron chi connectivity index (χ3n) is 15.4. The first kappa shape index (κ1) is 37.1. The number of thiophene rings is 1. The van der Waals surface area contributed by atoms with Crippen molar-refractivity contribution in [1.82, 2.24) is 0 Å². The normalized spacial score (nSPS) is 14.4. The topological polar surface area (TPSA) is 0 Å². The molecule has 1 heterocycles. The molecule has 0 saturated heterocycles. The number of fused-ring (bicyclic) bond motifs is 14. The minimum absolute atomic E-state index is 0.122. The highest BCUT2D eigenvalue weighted by Gasteiger charge is 2.40. The molecule has 11 aromatic carbocycles. The second kappa shape index (κ2) is 13.1. The van der Waals surface area contributed by atoms with Crippen molar-refractivity contribution in [2.45, 2.75) is 38.5 Å². The molecule has 0 saturated carbocycles. The summed E-state index contributed by atoms with van der Waals surface area (Å²) in [4.78, 5) is 0. The molecule has 2 aliphatic carbocycles. The molecule has 2 aliphatic rings. The minimum Gasteiger partial charge on any atom is -0.134 e. The minimum atomic E-state index is -0.188. The van der Waals surface area contributed by atoms with Crippen LogP contribution in [0.5, 0.6) is 0 Å². The highest BCUT2D eigenvalue weighted by Crippen LogP contribution is 2.58. The monoisotopic (exact) mass is 844 g/mol. The molecule has 0 aliphatic heterocycles. The molecule has 0 amide bonds. The molecule has 65 heavy (non-hydrogen) atoms. The van der Waals surface area contributed by atoms with E-state index in [9.17, 15) is 0 Å². The van der Waals surface area contributed by atoms with Gasteiger partial charge in [0.1, 0.15) is 0 Å². The van der Waals surface area contributed by atoms with Crippen molar-refractivity contribution in [3.05, 3.63) is 216 Å². The number of benzene rings is 11. The standard InChI is InChI=1S/C64H44S/c1-63(2)54-33-30-39(58-60-50-25-13-14-27-53(50)64(3,4)56(60)36-52-49-32-28-38-17-6-8-20-42(38)61(49)65-62(52)58)34-51(54)43-31-29-40(35-55(43)63)57-45-21-9-11-23-47(45)59(48-24-12-10-22-46(48)57)44-26-15-18-37-16-5-7-19-41(37)44/h5-36H,1-4H3. The van der Waals surface area contributed by atoms with Gasteiger partial charge in [-0.3, -0.25) is 0 Å². The Hall–Kier alpha value is -7.32. The summed E-state index contributed by atoms with van der Waals surface area (Å²) < 4.78 is 2.75. The van der Waals surface area contributed by atoms with Gasteiger partial charge in [0.25, 0.3) is 0 Å². The molecule has 1 aromatic heterocycles. The summed E-state index contributed by atoms with van der Waals surface area (Å²) in [7, 11) is 0. The third kappa shape index (κ3) is 4.97. The zero-order chi connectivity index (χ0) is 43.3. The van der Waals surface area contributed by atoms with E-state index in [0.717, 1.165) is 0 Å². The van der Waals surface area contributed by atoms with Gasteiger partial charge in [-0.15, -0.1) is 11.3 Å². The largest absolute Gasteiger partial charge is 0.134 e. The van der Waals surface area contributed by atoms with Crippen LogP contribution in [0.4, 0.5) is 0 Å². The molecule has 0 fully saturated rings. The van der Waals surface area contributed by atoms with Crippen LogP contribution >= 0.6 is 11.3 Å². The van der Waals surface area contributed by atoms with Crippen molar-refractivity contribution in [2.75, 3.05) is 0 Å². The van der Waals surface area contributed by atoms with Crippen LogP contribution in [-0.4, -0.2) is 0 Å². The number of hydrogen-bond acceptors (Lipinski definition) is 1. The average molecular weight is 845 g/mol. The maximum atomic E-state index is 2.54. The van der Waals surface area contributed by atoms with Crippen LogP contribution in [0, 0.1) is 0 Å². The van der Waals surface area contributed by atoms with Gasteiger partial charge in [0.05, 0.1) is 0 Å². The van der Waals surface area contributed by atoms with Crippen LogP contribution in [0.1, 0.15) is 49.9 Å². The molecule has 306 valence electrons. The first-order valence-corrected chi connectivity index (χ1v) is 23.8. The van der Waals surface area contributed by atoms with E-state index in [4.69, 9.17) is 0 Å². The Bertz CT molecular complexity index is 4000. The highest BCUT2D eigenvalue weighted by molar-refractivity contribution is 7.27. The molecule has 0 bridgehead atoms. The fourth-order valence-electron chi connectivity index (χ4n) is 12.3. The van der Waals surface area contributed by atoms with E-state index in [2.05, 4.69) is 222 Å². The maximum Gasteiger partial charge on any atom is 0.0440 e. The Morgan fingerprint density at radius 2 is 0.831 bits per heavy atom. The zero-order valence-electron chi connectivity index (χ0n) is 36.9. The van der Waals surface area contributed by atoms with Crippen molar-refractivity contribution in [1.29, 1.82) is 0 Å². The molecule has 12 aromatic rings. The van der Waals surface area contributed by atoms with Crippen LogP contribution in [0.3, 0.4) is 0 Å². The smallest absolute Gasteiger partial charge is 0.0440 e. The average Bonchev–Trinajstić information content (AvgIpc) is 3.91. The molecule has 0 nitrogen and oxygen atoms in total. The van der Waals surface area contributed by atoms with Crippen LogP contribution < -0.4 is 0 Å². The van der Waals surface area contributed by atoms with Crippen LogP contribution in [0.25, 0.3) is 119 Å². The number of hydrogen-bond donors (Lipinski definition) is 0. The van der Waals surface area contributed by atoms with Gasteiger partial charge in [-0.05, 0) is 134 Å². The highest BCUT2D eigenvalue weighted by atomic mass is 32.1.